The van der Waals surface area contributed by atoms with Gasteiger partial charge >= 0.3 is 6.03 Å². The Morgan fingerprint density at radius 2 is 1.86 bits per heavy atom. The third-order valence-electron chi connectivity index (χ3n) is 3.62. The third-order valence-corrected chi connectivity index (χ3v) is 3.62. The number of anilines is 1. The second-order valence-corrected chi connectivity index (χ2v) is 5.44. The van der Waals surface area contributed by atoms with Crippen LogP contribution in [0.5, 0.6) is 0 Å². The number of carbonyl (C=O) groups excluding carboxylic acids is 2. The van der Waals surface area contributed by atoms with Crippen molar-refractivity contribution in [3.05, 3.63) is 29.8 Å². The van der Waals surface area contributed by atoms with Crippen LogP contribution in [0, 0.1) is 11.6 Å². The van der Waals surface area contributed by atoms with E-state index in [1.54, 1.807) is 0 Å². The van der Waals surface area contributed by atoms with Crippen LogP contribution >= 0.6 is 0 Å². The molecule has 1 saturated carbocycles. The number of imide groups is 1. The summed E-state index contributed by atoms with van der Waals surface area (Å²) in [5.41, 5.74) is 0.262. The largest absolute Gasteiger partial charge is 0.374 e. The number of carbonyl (C=O) groups is 2. The van der Waals surface area contributed by atoms with Gasteiger partial charge < -0.3 is 10.6 Å². The topological polar surface area (TPSA) is 70.2 Å². The van der Waals surface area contributed by atoms with Crippen molar-refractivity contribution in [2.75, 3.05) is 5.32 Å². The number of rotatable bonds is 4. The van der Waals surface area contributed by atoms with Crippen LogP contribution in [0.1, 0.15) is 32.6 Å². The number of urea groups is 1. The molecule has 3 amide bonds. The average Bonchev–Trinajstić information content (AvgIpc) is 2.95. The maximum atomic E-state index is 13.1. The fourth-order valence-corrected chi connectivity index (χ4v) is 2.41. The molecule has 0 spiro atoms. The van der Waals surface area contributed by atoms with Gasteiger partial charge in [-0.1, -0.05) is 12.8 Å². The van der Waals surface area contributed by atoms with Crippen LogP contribution in [0.2, 0.25) is 0 Å². The summed E-state index contributed by atoms with van der Waals surface area (Å²) in [5.74, 6) is -2.50. The Morgan fingerprint density at radius 3 is 2.50 bits per heavy atom. The lowest BCUT2D eigenvalue weighted by Crippen LogP contribution is -2.48. The predicted molar refractivity (Wildman–Crippen MR) is 78.4 cm³/mol. The van der Waals surface area contributed by atoms with Gasteiger partial charge in [0.25, 0.3) is 0 Å². The summed E-state index contributed by atoms with van der Waals surface area (Å²) in [5, 5.41) is 7.68. The molecule has 2 rings (SSSR count). The maximum Gasteiger partial charge on any atom is 0.321 e. The number of nitrogens with one attached hydrogen (secondary N) is 3. The standard InChI is InChI=1S/C15H19F2N3O2/c1-9(18-11-6-7-12(16)13(17)8-11)14(21)20-15(22)19-10-4-2-3-5-10/h6-10,18H,2-5H2,1H3,(H2,19,20,21,22). The molecular weight excluding hydrogens is 292 g/mol. The minimum absolute atomic E-state index is 0.113. The summed E-state index contributed by atoms with van der Waals surface area (Å²) in [6, 6.07) is 2.06. The van der Waals surface area contributed by atoms with Crippen molar-refractivity contribution in [1.82, 2.24) is 10.6 Å². The first-order chi connectivity index (χ1) is 10.5. The molecule has 5 nitrogen and oxygen atoms in total. The molecule has 0 bridgehead atoms. The molecule has 0 saturated heterocycles. The highest BCUT2D eigenvalue weighted by Gasteiger charge is 2.20. The smallest absolute Gasteiger partial charge is 0.321 e. The van der Waals surface area contributed by atoms with Gasteiger partial charge in [0.05, 0.1) is 0 Å². The summed E-state index contributed by atoms with van der Waals surface area (Å²) >= 11 is 0. The Bertz CT molecular complexity index is 560. The highest BCUT2D eigenvalue weighted by atomic mass is 19.2. The van der Waals surface area contributed by atoms with Gasteiger partial charge in [-0.05, 0) is 31.9 Å². The van der Waals surface area contributed by atoms with Crippen LogP contribution in [-0.4, -0.2) is 24.0 Å². The zero-order valence-corrected chi connectivity index (χ0v) is 12.3. The maximum absolute atomic E-state index is 13.1. The molecule has 3 N–H and O–H groups in total. The van der Waals surface area contributed by atoms with E-state index in [2.05, 4.69) is 16.0 Å². The van der Waals surface area contributed by atoms with E-state index < -0.39 is 29.6 Å². The molecule has 0 heterocycles. The SMILES string of the molecule is CC(Nc1ccc(F)c(F)c1)C(=O)NC(=O)NC1CCCC1. The molecule has 0 aromatic heterocycles. The molecule has 0 radical (unpaired) electrons. The first-order valence-electron chi connectivity index (χ1n) is 7.28. The fraction of sp³-hybridized carbons (Fsp3) is 0.467. The van der Waals surface area contributed by atoms with Crippen molar-refractivity contribution in [3.63, 3.8) is 0 Å². The number of halogens is 2. The second kappa shape index (κ2) is 7.20. The Kier molecular flexibility index (Phi) is 5.30. The fourth-order valence-electron chi connectivity index (χ4n) is 2.41. The molecule has 120 valence electrons. The van der Waals surface area contributed by atoms with Crippen LogP contribution in [0.4, 0.5) is 19.3 Å². The van der Waals surface area contributed by atoms with Crippen molar-refractivity contribution >= 4 is 17.6 Å². The molecule has 0 aliphatic heterocycles. The van der Waals surface area contributed by atoms with Gasteiger partial charge in [-0.25, -0.2) is 13.6 Å². The van der Waals surface area contributed by atoms with Gasteiger partial charge in [0, 0.05) is 17.8 Å². The van der Waals surface area contributed by atoms with E-state index >= 15 is 0 Å². The van der Waals surface area contributed by atoms with E-state index in [4.69, 9.17) is 0 Å². The molecule has 22 heavy (non-hydrogen) atoms. The van der Waals surface area contributed by atoms with E-state index in [9.17, 15) is 18.4 Å². The van der Waals surface area contributed by atoms with Crippen LogP contribution in [-0.2, 0) is 4.79 Å². The molecule has 1 unspecified atom stereocenters. The van der Waals surface area contributed by atoms with E-state index in [1.165, 1.54) is 13.0 Å². The monoisotopic (exact) mass is 311 g/mol. The minimum Gasteiger partial charge on any atom is -0.374 e. The molecular formula is C15H19F2N3O2. The molecule has 1 atom stereocenters. The lowest BCUT2D eigenvalue weighted by Gasteiger charge is -2.17. The van der Waals surface area contributed by atoms with Gasteiger partial charge in [0.2, 0.25) is 5.91 Å². The zero-order valence-electron chi connectivity index (χ0n) is 12.3. The number of hydrogen-bond donors (Lipinski definition) is 3. The Labute approximate surface area is 127 Å². The highest BCUT2D eigenvalue weighted by molar-refractivity contribution is 5.98. The first-order valence-corrected chi connectivity index (χ1v) is 7.28. The summed E-state index contributed by atoms with van der Waals surface area (Å²) in [6.07, 6.45) is 3.99. The van der Waals surface area contributed by atoms with Gasteiger partial charge in [0.1, 0.15) is 6.04 Å². The van der Waals surface area contributed by atoms with E-state index in [1.807, 2.05) is 0 Å². The number of hydrogen-bond acceptors (Lipinski definition) is 3. The molecule has 1 aliphatic carbocycles. The minimum atomic E-state index is -1.00. The Balaban J connectivity index is 1.83. The lowest BCUT2D eigenvalue weighted by molar-refractivity contribution is -0.120. The molecule has 7 heteroatoms. The first kappa shape index (κ1) is 16.2. The third kappa shape index (κ3) is 4.41. The van der Waals surface area contributed by atoms with Crippen LogP contribution in [0.15, 0.2) is 18.2 Å². The van der Waals surface area contributed by atoms with Crippen LogP contribution in [0.3, 0.4) is 0 Å². The quantitative estimate of drug-likeness (QED) is 0.800. The summed E-state index contributed by atoms with van der Waals surface area (Å²) in [6.45, 7) is 1.53. The van der Waals surface area contributed by atoms with Crippen molar-refractivity contribution in [2.24, 2.45) is 0 Å². The van der Waals surface area contributed by atoms with Crippen molar-refractivity contribution in [2.45, 2.75) is 44.7 Å². The van der Waals surface area contributed by atoms with Crippen molar-refractivity contribution in [3.8, 4) is 0 Å². The molecule has 1 aromatic rings. The Morgan fingerprint density at radius 1 is 1.18 bits per heavy atom. The highest BCUT2D eigenvalue weighted by Crippen LogP contribution is 2.17. The second-order valence-electron chi connectivity index (χ2n) is 5.44. The van der Waals surface area contributed by atoms with E-state index in [0.717, 1.165) is 37.8 Å². The van der Waals surface area contributed by atoms with E-state index in [0.29, 0.717) is 0 Å². The zero-order chi connectivity index (χ0) is 16.1. The van der Waals surface area contributed by atoms with Crippen molar-refractivity contribution in [1.29, 1.82) is 0 Å². The Hall–Kier alpha value is -2.18. The lowest BCUT2D eigenvalue weighted by atomic mass is 10.2. The summed E-state index contributed by atoms with van der Waals surface area (Å²) < 4.78 is 25.9. The van der Waals surface area contributed by atoms with Gasteiger partial charge in [-0.2, -0.15) is 0 Å². The van der Waals surface area contributed by atoms with Gasteiger partial charge in [-0.3, -0.25) is 10.1 Å². The van der Waals surface area contributed by atoms with Crippen LogP contribution in [0.25, 0.3) is 0 Å². The predicted octanol–water partition coefficient (Wildman–Crippen LogP) is 2.53. The summed E-state index contributed by atoms with van der Waals surface area (Å²) in [7, 11) is 0. The number of amides is 3. The van der Waals surface area contributed by atoms with Gasteiger partial charge in [-0.15, -0.1) is 0 Å². The van der Waals surface area contributed by atoms with Crippen LogP contribution < -0.4 is 16.0 Å². The molecule has 1 fully saturated rings. The van der Waals surface area contributed by atoms with Crippen molar-refractivity contribution < 1.29 is 18.4 Å². The van der Waals surface area contributed by atoms with E-state index in [-0.39, 0.29) is 11.7 Å². The summed E-state index contributed by atoms with van der Waals surface area (Å²) in [4.78, 5) is 23.6. The number of benzene rings is 1. The molecule has 1 aliphatic rings. The normalized spacial score (nSPS) is 16.1. The average molecular weight is 311 g/mol. The van der Waals surface area contributed by atoms with Gasteiger partial charge in [0.15, 0.2) is 11.6 Å². The molecule has 1 aromatic carbocycles.